The summed E-state index contributed by atoms with van der Waals surface area (Å²) in [7, 11) is 0. The molecule has 6 nitrogen and oxygen atoms in total. The van der Waals surface area contributed by atoms with E-state index in [1.54, 1.807) is 6.92 Å². The molecule has 0 aliphatic carbocycles. The van der Waals surface area contributed by atoms with E-state index in [4.69, 9.17) is 5.11 Å². The summed E-state index contributed by atoms with van der Waals surface area (Å²) in [6.45, 7) is 7.37. The fraction of sp³-hybridized carbons (Fsp3) is 0.545. The Morgan fingerprint density at radius 3 is 2.50 bits per heavy atom. The molecule has 0 aliphatic heterocycles. The van der Waals surface area contributed by atoms with Gasteiger partial charge < -0.3 is 15.7 Å². The maximum atomic E-state index is 11.8. The van der Waals surface area contributed by atoms with E-state index in [1.165, 1.54) is 6.20 Å². The van der Waals surface area contributed by atoms with E-state index < -0.39 is 12.0 Å². The van der Waals surface area contributed by atoms with Gasteiger partial charge >= 0.3 is 5.97 Å². The van der Waals surface area contributed by atoms with Gasteiger partial charge in [-0.1, -0.05) is 11.3 Å². The third-order valence-electron chi connectivity index (χ3n) is 1.95. The highest BCUT2D eigenvalue weighted by molar-refractivity contribution is 7.17. The Morgan fingerprint density at radius 2 is 2.06 bits per heavy atom. The number of carbonyl (C=O) groups is 2. The zero-order valence-electron chi connectivity index (χ0n) is 10.8. The van der Waals surface area contributed by atoms with Gasteiger partial charge in [0.15, 0.2) is 5.13 Å². The molecular weight excluding hydrogens is 254 g/mol. The number of anilines is 1. The summed E-state index contributed by atoms with van der Waals surface area (Å²) in [4.78, 5) is 26.5. The number of rotatable bonds is 4. The number of aromatic carboxylic acids is 1. The number of hydrogen-bond donors (Lipinski definition) is 3. The molecule has 0 aliphatic rings. The van der Waals surface area contributed by atoms with Crippen molar-refractivity contribution in [2.75, 3.05) is 5.32 Å². The molecule has 1 unspecified atom stereocenters. The Kier molecular flexibility index (Phi) is 4.28. The molecule has 1 heterocycles. The minimum atomic E-state index is -1.02. The van der Waals surface area contributed by atoms with Crippen LogP contribution in [0.3, 0.4) is 0 Å². The molecule has 7 heteroatoms. The van der Waals surface area contributed by atoms with Crippen molar-refractivity contribution in [2.24, 2.45) is 0 Å². The zero-order valence-corrected chi connectivity index (χ0v) is 11.6. The monoisotopic (exact) mass is 271 g/mol. The number of amides is 1. The van der Waals surface area contributed by atoms with Crippen molar-refractivity contribution in [3.8, 4) is 0 Å². The van der Waals surface area contributed by atoms with Crippen LogP contribution in [0.5, 0.6) is 0 Å². The van der Waals surface area contributed by atoms with E-state index in [1.807, 2.05) is 20.8 Å². The molecule has 1 aromatic rings. The Morgan fingerprint density at radius 1 is 1.44 bits per heavy atom. The average molecular weight is 271 g/mol. The molecule has 3 N–H and O–H groups in total. The van der Waals surface area contributed by atoms with Gasteiger partial charge in [0, 0.05) is 5.54 Å². The van der Waals surface area contributed by atoms with Gasteiger partial charge in [0.1, 0.15) is 10.9 Å². The fourth-order valence-electron chi connectivity index (χ4n) is 1.17. The summed E-state index contributed by atoms with van der Waals surface area (Å²) in [5.41, 5.74) is -0.303. The van der Waals surface area contributed by atoms with Gasteiger partial charge in [-0.3, -0.25) is 4.79 Å². The first-order valence-corrected chi connectivity index (χ1v) is 6.28. The van der Waals surface area contributed by atoms with E-state index in [2.05, 4.69) is 15.6 Å². The van der Waals surface area contributed by atoms with Crippen molar-refractivity contribution in [1.29, 1.82) is 0 Å². The van der Waals surface area contributed by atoms with Gasteiger partial charge in [0.05, 0.1) is 6.20 Å². The van der Waals surface area contributed by atoms with Gasteiger partial charge in [-0.2, -0.15) is 0 Å². The van der Waals surface area contributed by atoms with E-state index in [9.17, 15) is 9.59 Å². The quantitative estimate of drug-likeness (QED) is 0.773. The molecule has 18 heavy (non-hydrogen) atoms. The van der Waals surface area contributed by atoms with Crippen LogP contribution in [0.25, 0.3) is 0 Å². The molecule has 1 rings (SSSR count). The normalized spacial score (nSPS) is 12.9. The second-order valence-corrected chi connectivity index (χ2v) is 5.97. The van der Waals surface area contributed by atoms with Crippen LogP contribution >= 0.6 is 11.3 Å². The molecule has 0 bridgehead atoms. The predicted octanol–water partition coefficient (Wildman–Crippen LogP) is 1.56. The second-order valence-electron chi connectivity index (χ2n) is 4.94. The van der Waals surface area contributed by atoms with Crippen molar-refractivity contribution in [3.63, 3.8) is 0 Å². The molecule has 0 fully saturated rings. The van der Waals surface area contributed by atoms with Gasteiger partial charge in [-0.25, -0.2) is 9.78 Å². The van der Waals surface area contributed by atoms with Crippen molar-refractivity contribution in [1.82, 2.24) is 10.3 Å². The van der Waals surface area contributed by atoms with Gasteiger partial charge in [-0.15, -0.1) is 0 Å². The molecule has 0 saturated heterocycles. The van der Waals surface area contributed by atoms with Gasteiger partial charge in [0.25, 0.3) is 0 Å². The standard InChI is InChI=1S/C11H17N3O3S/c1-6(8(15)14-11(2,3)4)13-10-12-5-7(18-10)9(16)17/h5-6H,1-4H3,(H,12,13)(H,14,15)(H,16,17). The fourth-order valence-corrected chi connectivity index (χ4v) is 1.91. The lowest BCUT2D eigenvalue weighted by atomic mass is 10.1. The number of carboxylic acid groups (broad SMARTS) is 1. The minimum absolute atomic E-state index is 0.140. The van der Waals surface area contributed by atoms with Crippen LogP contribution in [-0.4, -0.2) is 33.5 Å². The summed E-state index contributed by atoms with van der Waals surface area (Å²) in [5.74, 6) is -1.18. The third-order valence-corrected chi connectivity index (χ3v) is 2.86. The van der Waals surface area contributed by atoms with E-state index >= 15 is 0 Å². The largest absolute Gasteiger partial charge is 0.477 e. The molecule has 0 radical (unpaired) electrons. The molecule has 1 atom stereocenters. The highest BCUT2D eigenvalue weighted by Gasteiger charge is 2.20. The van der Waals surface area contributed by atoms with E-state index in [-0.39, 0.29) is 16.3 Å². The topological polar surface area (TPSA) is 91.3 Å². The number of nitrogens with zero attached hydrogens (tertiary/aromatic N) is 1. The van der Waals surface area contributed by atoms with Gasteiger partial charge in [0.2, 0.25) is 5.91 Å². The van der Waals surface area contributed by atoms with Crippen molar-refractivity contribution >= 4 is 28.3 Å². The van der Waals surface area contributed by atoms with Crippen molar-refractivity contribution < 1.29 is 14.7 Å². The lowest BCUT2D eigenvalue weighted by Gasteiger charge is -2.23. The molecule has 1 aromatic heterocycles. The molecule has 0 spiro atoms. The highest BCUT2D eigenvalue weighted by atomic mass is 32.1. The maximum Gasteiger partial charge on any atom is 0.347 e. The first kappa shape index (κ1) is 14.4. The van der Waals surface area contributed by atoms with Crippen LogP contribution in [0.15, 0.2) is 6.20 Å². The summed E-state index contributed by atoms with van der Waals surface area (Å²) in [5, 5.41) is 14.9. The SMILES string of the molecule is CC(Nc1ncc(C(=O)O)s1)C(=O)NC(C)(C)C. The first-order valence-electron chi connectivity index (χ1n) is 5.47. The van der Waals surface area contributed by atoms with Crippen molar-refractivity contribution in [2.45, 2.75) is 39.3 Å². The first-order chi connectivity index (χ1) is 8.19. The predicted molar refractivity (Wildman–Crippen MR) is 70.1 cm³/mol. The Labute approximate surface area is 109 Å². The lowest BCUT2D eigenvalue weighted by molar-refractivity contribution is -0.122. The Hall–Kier alpha value is -1.63. The summed E-state index contributed by atoms with van der Waals surface area (Å²) in [6, 6.07) is -0.475. The number of carboxylic acids is 1. The Balaban J connectivity index is 2.61. The van der Waals surface area contributed by atoms with Crippen LogP contribution in [0.2, 0.25) is 0 Å². The number of nitrogens with one attached hydrogen (secondary N) is 2. The molecule has 1 amide bonds. The van der Waals surface area contributed by atoms with Crippen molar-refractivity contribution in [3.05, 3.63) is 11.1 Å². The van der Waals surface area contributed by atoms with Gasteiger partial charge in [-0.05, 0) is 27.7 Å². The molecule has 100 valence electrons. The number of thiazole rings is 1. The summed E-state index contributed by atoms with van der Waals surface area (Å²) >= 11 is 1.00. The van der Waals surface area contributed by atoms with Crippen LogP contribution in [0.4, 0.5) is 5.13 Å². The highest BCUT2D eigenvalue weighted by Crippen LogP contribution is 2.18. The summed E-state index contributed by atoms with van der Waals surface area (Å²) < 4.78 is 0. The number of carbonyl (C=O) groups excluding carboxylic acids is 1. The van der Waals surface area contributed by atoms with E-state index in [0.717, 1.165) is 11.3 Å². The smallest absolute Gasteiger partial charge is 0.347 e. The van der Waals surface area contributed by atoms with Crippen LogP contribution in [-0.2, 0) is 4.79 Å². The minimum Gasteiger partial charge on any atom is -0.477 e. The molecule has 0 saturated carbocycles. The second kappa shape index (κ2) is 5.34. The summed E-state index contributed by atoms with van der Waals surface area (Å²) in [6.07, 6.45) is 1.27. The average Bonchev–Trinajstić information content (AvgIpc) is 2.63. The molecular formula is C11H17N3O3S. The van der Waals surface area contributed by atoms with Crippen LogP contribution in [0, 0.1) is 0 Å². The third kappa shape index (κ3) is 4.33. The molecule has 0 aromatic carbocycles. The Bertz CT molecular complexity index is 451. The van der Waals surface area contributed by atoms with E-state index in [0.29, 0.717) is 5.13 Å². The lowest BCUT2D eigenvalue weighted by Crippen LogP contribution is -2.47. The maximum absolute atomic E-state index is 11.8. The van der Waals surface area contributed by atoms with Crippen LogP contribution < -0.4 is 10.6 Å². The zero-order chi connectivity index (χ0) is 13.9. The van der Waals surface area contributed by atoms with Crippen LogP contribution in [0.1, 0.15) is 37.4 Å². The number of aromatic nitrogens is 1. The number of hydrogen-bond acceptors (Lipinski definition) is 5.